The van der Waals surface area contributed by atoms with Gasteiger partial charge in [0.15, 0.2) is 5.69 Å². The van der Waals surface area contributed by atoms with Crippen molar-refractivity contribution < 1.29 is 8.42 Å². The summed E-state index contributed by atoms with van der Waals surface area (Å²) in [7, 11) is -3.67. The Hall–Kier alpha value is -1.49. The second kappa shape index (κ2) is 4.89. The predicted octanol–water partition coefficient (Wildman–Crippen LogP) is 0.326. The summed E-state index contributed by atoms with van der Waals surface area (Å²) >= 11 is 0. The third-order valence-electron chi connectivity index (χ3n) is 3.03. The van der Waals surface area contributed by atoms with Crippen LogP contribution in [-0.2, 0) is 10.0 Å². The number of pyridine rings is 1. The molecular formula is C12H16N4O2S. The Morgan fingerprint density at radius 2 is 2.26 bits per heavy atom. The first-order chi connectivity index (χ1) is 8.87. The second-order valence-electron chi connectivity index (χ2n) is 5.11. The average Bonchev–Trinajstić information content (AvgIpc) is 2.37. The smallest absolute Gasteiger partial charge is 0.246 e. The lowest BCUT2D eigenvalue weighted by atomic mass is 10.0. The van der Waals surface area contributed by atoms with E-state index in [1.54, 1.807) is 0 Å². The molecule has 2 rings (SSSR count). The number of piperazine rings is 1. The van der Waals surface area contributed by atoms with Gasteiger partial charge < -0.3 is 5.32 Å². The maximum Gasteiger partial charge on any atom is 0.246 e. The number of aromatic nitrogens is 1. The van der Waals surface area contributed by atoms with Crippen LogP contribution in [0.4, 0.5) is 0 Å². The normalized spacial score (nSPS) is 19.8. The first kappa shape index (κ1) is 13.9. The number of rotatable bonds is 2. The van der Waals surface area contributed by atoms with Gasteiger partial charge in [-0.2, -0.15) is 9.57 Å². The van der Waals surface area contributed by atoms with Crippen molar-refractivity contribution in [3.63, 3.8) is 0 Å². The summed E-state index contributed by atoms with van der Waals surface area (Å²) in [6.45, 7) is 5.25. The third kappa shape index (κ3) is 2.76. The van der Waals surface area contributed by atoms with Crippen molar-refractivity contribution in [1.82, 2.24) is 14.6 Å². The van der Waals surface area contributed by atoms with Gasteiger partial charge in [0.2, 0.25) is 10.0 Å². The molecule has 0 spiro atoms. The van der Waals surface area contributed by atoms with E-state index in [-0.39, 0.29) is 16.1 Å². The van der Waals surface area contributed by atoms with Crippen molar-refractivity contribution in [3.8, 4) is 6.07 Å². The number of nitrogens with one attached hydrogen (secondary N) is 1. The summed E-state index contributed by atoms with van der Waals surface area (Å²) < 4.78 is 26.5. The zero-order valence-corrected chi connectivity index (χ0v) is 11.7. The molecule has 0 unspecified atom stereocenters. The summed E-state index contributed by atoms with van der Waals surface area (Å²) in [5.41, 5.74) is -0.334. The highest BCUT2D eigenvalue weighted by atomic mass is 32.2. The summed E-state index contributed by atoms with van der Waals surface area (Å²) in [6, 6.07) is 4.78. The minimum absolute atomic E-state index is 0.0183. The molecule has 0 bridgehead atoms. The monoisotopic (exact) mass is 280 g/mol. The van der Waals surface area contributed by atoms with E-state index < -0.39 is 10.0 Å². The Morgan fingerprint density at radius 3 is 2.89 bits per heavy atom. The lowest BCUT2D eigenvalue weighted by Gasteiger charge is -2.38. The summed E-state index contributed by atoms with van der Waals surface area (Å²) in [5.74, 6) is 0. The molecule has 102 valence electrons. The van der Waals surface area contributed by atoms with Gasteiger partial charge >= 0.3 is 0 Å². The maximum absolute atomic E-state index is 12.6. The van der Waals surface area contributed by atoms with Gasteiger partial charge in [-0.25, -0.2) is 13.4 Å². The largest absolute Gasteiger partial charge is 0.309 e. The Balaban J connectivity index is 2.40. The number of sulfonamides is 1. The molecule has 1 saturated heterocycles. The minimum Gasteiger partial charge on any atom is -0.309 e. The van der Waals surface area contributed by atoms with E-state index in [0.717, 1.165) is 0 Å². The Morgan fingerprint density at radius 1 is 1.53 bits per heavy atom. The molecule has 6 nitrogen and oxygen atoms in total. The molecule has 2 heterocycles. The van der Waals surface area contributed by atoms with Gasteiger partial charge in [0.25, 0.3) is 0 Å². The molecule has 1 fully saturated rings. The molecule has 1 aromatic heterocycles. The van der Waals surface area contributed by atoms with Crippen LogP contribution < -0.4 is 5.32 Å². The van der Waals surface area contributed by atoms with Gasteiger partial charge in [-0.1, -0.05) is 0 Å². The van der Waals surface area contributed by atoms with Crippen LogP contribution in [0.5, 0.6) is 0 Å². The van der Waals surface area contributed by atoms with Crippen LogP contribution in [0, 0.1) is 11.3 Å². The topological polar surface area (TPSA) is 86.1 Å². The molecule has 0 aliphatic carbocycles. The molecule has 0 radical (unpaired) electrons. The van der Waals surface area contributed by atoms with Crippen LogP contribution in [0.3, 0.4) is 0 Å². The fraction of sp³-hybridized carbons (Fsp3) is 0.500. The summed E-state index contributed by atoms with van der Waals surface area (Å²) in [6.07, 6.45) is 1.42. The zero-order valence-electron chi connectivity index (χ0n) is 10.9. The van der Waals surface area contributed by atoms with Crippen molar-refractivity contribution in [3.05, 3.63) is 24.0 Å². The molecule has 1 aromatic rings. The lowest BCUT2D eigenvalue weighted by Crippen LogP contribution is -2.58. The molecule has 1 aliphatic heterocycles. The van der Waals surface area contributed by atoms with E-state index in [2.05, 4.69) is 10.3 Å². The molecule has 7 heteroatoms. The SMILES string of the molecule is CC1(C)CN(S(=O)(=O)c2cccnc2C#N)CCN1. The van der Waals surface area contributed by atoms with Crippen LogP contribution in [0.25, 0.3) is 0 Å². The van der Waals surface area contributed by atoms with Crippen LogP contribution in [0.1, 0.15) is 19.5 Å². The van der Waals surface area contributed by atoms with E-state index in [1.165, 1.54) is 22.6 Å². The van der Waals surface area contributed by atoms with Crippen molar-refractivity contribution in [1.29, 1.82) is 5.26 Å². The van der Waals surface area contributed by atoms with E-state index in [4.69, 9.17) is 5.26 Å². The van der Waals surface area contributed by atoms with E-state index in [0.29, 0.717) is 19.6 Å². The standard InChI is InChI=1S/C12H16N4O2S/c1-12(2)9-16(7-6-15-12)19(17,18)11-4-3-5-14-10(11)8-13/h3-5,15H,6-7,9H2,1-2H3. The minimum atomic E-state index is -3.67. The van der Waals surface area contributed by atoms with Gasteiger partial charge in [-0.15, -0.1) is 0 Å². The first-order valence-electron chi connectivity index (χ1n) is 5.97. The molecule has 1 aliphatic rings. The van der Waals surface area contributed by atoms with Crippen molar-refractivity contribution in [2.45, 2.75) is 24.3 Å². The highest BCUT2D eigenvalue weighted by Crippen LogP contribution is 2.21. The fourth-order valence-electron chi connectivity index (χ4n) is 2.12. The van der Waals surface area contributed by atoms with Gasteiger partial charge in [-0.3, -0.25) is 0 Å². The number of hydrogen-bond donors (Lipinski definition) is 1. The van der Waals surface area contributed by atoms with Crippen LogP contribution in [0.15, 0.2) is 23.2 Å². The average molecular weight is 280 g/mol. The van der Waals surface area contributed by atoms with E-state index >= 15 is 0 Å². The van der Waals surface area contributed by atoms with Gasteiger partial charge in [0.1, 0.15) is 11.0 Å². The Bertz CT molecular complexity index is 619. The quantitative estimate of drug-likeness (QED) is 0.843. The highest BCUT2D eigenvalue weighted by Gasteiger charge is 2.35. The zero-order chi connectivity index (χ0) is 14.1. The third-order valence-corrected chi connectivity index (χ3v) is 4.91. The van der Waals surface area contributed by atoms with Crippen LogP contribution in [0.2, 0.25) is 0 Å². The van der Waals surface area contributed by atoms with Crippen molar-refractivity contribution in [2.24, 2.45) is 0 Å². The van der Waals surface area contributed by atoms with Crippen molar-refractivity contribution >= 4 is 10.0 Å². The Kier molecular flexibility index (Phi) is 3.58. The molecule has 0 aromatic carbocycles. The molecule has 0 amide bonds. The van der Waals surface area contributed by atoms with E-state index in [9.17, 15) is 8.42 Å². The van der Waals surface area contributed by atoms with Gasteiger partial charge in [0, 0.05) is 31.4 Å². The predicted molar refractivity (Wildman–Crippen MR) is 69.8 cm³/mol. The number of hydrogen-bond acceptors (Lipinski definition) is 5. The molecule has 0 saturated carbocycles. The Labute approximate surface area is 113 Å². The van der Waals surface area contributed by atoms with E-state index in [1.807, 2.05) is 19.9 Å². The van der Waals surface area contributed by atoms with Gasteiger partial charge in [0.05, 0.1) is 0 Å². The molecule has 19 heavy (non-hydrogen) atoms. The van der Waals surface area contributed by atoms with Gasteiger partial charge in [-0.05, 0) is 26.0 Å². The first-order valence-corrected chi connectivity index (χ1v) is 7.41. The fourth-order valence-corrected chi connectivity index (χ4v) is 3.82. The number of nitriles is 1. The maximum atomic E-state index is 12.6. The lowest BCUT2D eigenvalue weighted by molar-refractivity contribution is 0.233. The summed E-state index contributed by atoms with van der Waals surface area (Å²) in [4.78, 5) is 3.79. The van der Waals surface area contributed by atoms with Crippen LogP contribution in [-0.4, -0.2) is 42.9 Å². The summed E-state index contributed by atoms with van der Waals surface area (Å²) in [5, 5.41) is 12.2. The molecular weight excluding hydrogens is 264 g/mol. The van der Waals surface area contributed by atoms with Crippen molar-refractivity contribution in [2.75, 3.05) is 19.6 Å². The van der Waals surface area contributed by atoms with Crippen LogP contribution >= 0.6 is 0 Å². The molecule has 1 N–H and O–H groups in total. The number of nitrogens with zero attached hydrogens (tertiary/aromatic N) is 3. The second-order valence-corrected chi connectivity index (χ2v) is 7.02. The molecule has 0 atom stereocenters. The highest BCUT2D eigenvalue weighted by molar-refractivity contribution is 7.89.